The van der Waals surface area contributed by atoms with Crippen molar-refractivity contribution in [3.63, 3.8) is 0 Å². The van der Waals surface area contributed by atoms with Crippen molar-refractivity contribution in [3.8, 4) is 0 Å². The Kier molecular flexibility index (Phi) is 10.1. The van der Waals surface area contributed by atoms with E-state index in [1.54, 1.807) is 11.3 Å². The molecular weight excluding hydrogens is 493 g/mol. The zero-order valence-electron chi connectivity index (χ0n) is 18.7. The van der Waals surface area contributed by atoms with E-state index in [0.29, 0.717) is 6.04 Å². The number of aromatic nitrogens is 1. The summed E-state index contributed by atoms with van der Waals surface area (Å²) in [5.41, 5.74) is 1.32. The van der Waals surface area contributed by atoms with Gasteiger partial charge in [0.1, 0.15) is 0 Å². The molecule has 166 valence electrons. The minimum Gasteiger partial charge on any atom is -0.357 e. The molecule has 0 spiro atoms. The van der Waals surface area contributed by atoms with Gasteiger partial charge in [-0.25, -0.2) is 4.98 Å². The number of likely N-dealkylation sites (tertiary alicyclic amines) is 1. The van der Waals surface area contributed by atoms with Gasteiger partial charge in [0.15, 0.2) is 5.96 Å². The Morgan fingerprint density at radius 1 is 1.21 bits per heavy atom. The normalized spacial score (nSPS) is 19.9. The summed E-state index contributed by atoms with van der Waals surface area (Å²) in [6.07, 6.45) is 9.04. The predicted octanol–water partition coefficient (Wildman–Crippen LogP) is 4.56. The lowest BCUT2D eigenvalue weighted by molar-refractivity contribution is 0.150. The molecule has 2 aliphatic rings. The molecule has 0 bridgehead atoms. The molecule has 0 amide bonds. The largest absolute Gasteiger partial charge is 0.357 e. The van der Waals surface area contributed by atoms with Crippen LogP contribution in [0.3, 0.4) is 0 Å². The predicted molar refractivity (Wildman–Crippen MR) is 136 cm³/mol. The van der Waals surface area contributed by atoms with Gasteiger partial charge in [0.25, 0.3) is 0 Å². The molecule has 2 heterocycles. The number of rotatable bonds is 6. The van der Waals surface area contributed by atoms with Gasteiger partial charge in [-0.2, -0.15) is 0 Å². The van der Waals surface area contributed by atoms with Gasteiger partial charge in [-0.3, -0.25) is 4.99 Å². The molecule has 1 saturated carbocycles. The minimum atomic E-state index is 0. The van der Waals surface area contributed by atoms with Crippen molar-refractivity contribution in [2.45, 2.75) is 90.1 Å². The summed E-state index contributed by atoms with van der Waals surface area (Å²) >= 11 is 1.76. The smallest absolute Gasteiger partial charge is 0.191 e. The standard InChI is InChI=1S/C22H39N5S.HI/c1-5-23-21(24-13-10-20-26-19(16-28-20)22(2,3)4)25-17-11-14-27(15-12-17)18-8-6-7-9-18;/h16-18H,5-15H2,1-4H3,(H2,23,24,25);1H. The van der Waals surface area contributed by atoms with Gasteiger partial charge in [-0.15, -0.1) is 35.3 Å². The molecule has 2 fully saturated rings. The number of guanidine groups is 1. The van der Waals surface area contributed by atoms with Crippen LogP contribution in [0.5, 0.6) is 0 Å². The molecule has 29 heavy (non-hydrogen) atoms. The van der Waals surface area contributed by atoms with Crippen LogP contribution in [0.2, 0.25) is 0 Å². The Bertz CT molecular complexity index is 625. The van der Waals surface area contributed by atoms with Gasteiger partial charge >= 0.3 is 0 Å². The van der Waals surface area contributed by atoms with E-state index in [1.807, 2.05) is 0 Å². The molecule has 7 heteroatoms. The first kappa shape index (κ1) is 24.9. The number of aliphatic imine (C=N–C) groups is 1. The van der Waals surface area contributed by atoms with Crippen LogP contribution in [0.15, 0.2) is 10.4 Å². The molecule has 0 unspecified atom stereocenters. The van der Waals surface area contributed by atoms with Gasteiger partial charge in [-0.1, -0.05) is 33.6 Å². The highest BCUT2D eigenvalue weighted by atomic mass is 127. The number of piperidine rings is 1. The first-order valence-corrected chi connectivity index (χ1v) is 12.1. The van der Waals surface area contributed by atoms with Crippen molar-refractivity contribution < 1.29 is 0 Å². The van der Waals surface area contributed by atoms with E-state index in [1.165, 1.54) is 62.3 Å². The molecule has 3 rings (SSSR count). The van der Waals surface area contributed by atoms with Gasteiger partial charge in [0, 0.05) is 55.5 Å². The molecule has 0 atom stereocenters. The van der Waals surface area contributed by atoms with Gasteiger partial charge in [0.05, 0.1) is 10.7 Å². The Labute approximate surface area is 198 Å². The summed E-state index contributed by atoms with van der Waals surface area (Å²) in [5, 5.41) is 10.5. The minimum absolute atomic E-state index is 0. The zero-order valence-corrected chi connectivity index (χ0v) is 21.8. The second kappa shape index (κ2) is 11.8. The maximum absolute atomic E-state index is 4.82. The second-order valence-corrected chi connectivity index (χ2v) is 10.2. The van der Waals surface area contributed by atoms with Gasteiger partial charge in [0.2, 0.25) is 0 Å². The maximum Gasteiger partial charge on any atom is 0.191 e. The molecule has 1 saturated heterocycles. The number of halogens is 1. The third-order valence-electron chi connectivity index (χ3n) is 5.97. The Morgan fingerprint density at radius 3 is 2.48 bits per heavy atom. The molecule has 5 nitrogen and oxygen atoms in total. The van der Waals surface area contributed by atoms with E-state index in [4.69, 9.17) is 9.98 Å². The van der Waals surface area contributed by atoms with Gasteiger partial charge in [-0.05, 0) is 32.6 Å². The Morgan fingerprint density at radius 2 is 1.90 bits per heavy atom. The molecular formula is C22H40IN5S. The average molecular weight is 534 g/mol. The molecule has 1 aliphatic carbocycles. The summed E-state index contributed by atoms with van der Waals surface area (Å²) in [7, 11) is 0. The van der Waals surface area contributed by atoms with Crippen LogP contribution in [0.25, 0.3) is 0 Å². The van der Waals surface area contributed by atoms with Crippen LogP contribution in [-0.4, -0.2) is 54.1 Å². The quantitative estimate of drug-likeness (QED) is 0.320. The topological polar surface area (TPSA) is 52.6 Å². The van der Waals surface area contributed by atoms with E-state index >= 15 is 0 Å². The average Bonchev–Trinajstić information content (AvgIpc) is 3.34. The summed E-state index contributed by atoms with van der Waals surface area (Å²) in [6.45, 7) is 12.9. The molecule has 0 aromatic carbocycles. The fourth-order valence-electron chi connectivity index (χ4n) is 4.23. The number of nitrogens with one attached hydrogen (secondary N) is 2. The van der Waals surface area contributed by atoms with Crippen LogP contribution in [0.4, 0.5) is 0 Å². The lowest BCUT2D eigenvalue weighted by atomic mass is 9.93. The molecule has 2 N–H and O–H groups in total. The van der Waals surface area contributed by atoms with E-state index in [0.717, 1.165) is 31.5 Å². The van der Waals surface area contributed by atoms with E-state index in [-0.39, 0.29) is 29.4 Å². The van der Waals surface area contributed by atoms with E-state index < -0.39 is 0 Å². The Hall–Kier alpha value is -0.410. The van der Waals surface area contributed by atoms with Crippen LogP contribution >= 0.6 is 35.3 Å². The molecule has 1 aliphatic heterocycles. The van der Waals surface area contributed by atoms with Crippen LogP contribution in [-0.2, 0) is 11.8 Å². The summed E-state index contributed by atoms with van der Waals surface area (Å²) in [4.78, 5) is 12.3. The first-order valence-electron chi connectivity index (χ1n) is 11.2. The number of nitrogens with zero attached hydrogens (tertiary/aromatic N) is 3. The van der Waals surface area contributed by atoms with E-state index in [9.17, 15) is 0 Å². The highest BCUT2D eigenvalue weighted by Crippen LogP contribution is 2.26. The van der Waals surface area contributed by atoms with Gasteiger partial charge < -0.3 is 15.5 Å². The SMILES string of the molecule is CCNC(=NCCc1nc(C(C)(C)C)cs1)NC1CCN(C2CCCC2)CC1.I. The molecule has 1 aromatic heterocycles. The first-order chi connectivity index (χ1) is 13.5. The number of hydrogen-bond donors (Lipinski definition) is 2. The van der Waals surface area contributed by atoms with Crippen molar-refractivity contribution >= 4 is 41.3 Å². The fourth-order valence-corrected chi connectivity index (χ4v) is 5.24. The van der Waals surface area contributed by atoms with Crippen molar-refractivity contribution in [1.82, 2.24) is 20.5 Å². The summed E-state index contributed by atoms with van der Waals surface area (Å²) < 4.78 is 0. The number of hydrogen-bond acceptors (Lipinski definition) is 4. The van der Waals surface area contributed by atoms with Crippen LogP contribution < -0.4 is 10.6 Å². The van der Waals surface area contributed by atoms with Crippen molar-refractivity contribution in [2.24, 2.45) is 4.99 Å². The van der Waals surface area contributed by atoms with Crippen molar-refractivity contribution in [1.29, 1.82) is 0 Å². The zero-order chi connectivity index (χ0) is 20.0. The number of thiazole rings is 1. The highest BCUT2D eigenvalue weighted by molar-refractivity contribution is 14.0. The highest BCUT2D eigenvalue weighted by Gasteiger charge is 2.27. The van der Waals surface area contributed by atoms with Crippen LogP contribution in [0, 0.1) is 0 Å². The summed E-state index contributed by atoms with van der Waals surface area (Å²) in [6, 6.07) is 1.40. The van der Waals surface area contributed by atoms with Crippen molar-refractivity contribution in [3.05, 3.63) is 16.1 Å². The fraction of sp³-hybridized carbons (Fsp3) is 0.818. The molecule has 0 radical (unpaired) electrons. The monoisotopic (exact) mass is 533 g/mol. The maximum atomic E-state index is 4.82. The molecule has 1 aromatic rings. The lowest BCUT2D eigenvalue weighted by Crippen LogP contribution is -2.50. The van der Waals surface area contributed by atoms with E-state index in [2.05, 4.69) is 48.6 Å². The third kappa shape index (κ3) is 7.65. The Balaban J connectivity index is 0.00000300. The lowest BCUT2D eigenvalue weighted by Gasteiger charge is -2.36. The van der Waals surface area contributed by atoms with Crippen LogP contribution in [0.1, 0.15) is 76.9 Å². The van der Waals surface area contributed by atoms with Crippen molar-refractivity contribution in [2.75, 3.05) is 26.2 Å². The third-order valence-corrected chi connectivity index (χ3v) is 6.88. The second-order valence-electron chi connectivity index (χ2n) is 9.28. The summed E-state index contributed by atoms with van der Waals surface area (Å²) in [5.74, 6) is 0.967.